The third-order valence-corrected chi connectivity index (χ3v) is 6.27. The number of nitrogens with one attached hydrogen (secondary N) is 1. The molecule has 1 aliphatic carbocycles. The highest BCUT2D eigenvalue weighted by molar-refractivity contribution is 5.94. The molecule has 7 nitrogen and oxygen atoms in total. The predicted molar refractivity (Wildman–Crippen MR) is 139 cm³/mol. The number of ether oxygens (including phenoxy) is 1. The molecule has 188 valence electrons. The molecule has 2 amide bonds. The fourth-order valence-electron chi connectivity index (χ4n) is 4.17. The molecule has 37 heavy (non-hydrogen) atoms. The van der Waals surface area contributed by atoms with Crippen LogP contribution in [0, 0.1) is 5.82 Å². The summed E-state index contributed by atoms with van der Waals surface area (Å²) >= 11 is 0. The van der Waals surface area contributed by atoms with Crippen LogP contribution in [-0.2, 0) is 16.0 Å². The number of amides is 2. The molecular formula is C29H27FN4O3. The average Bonchev–Trinajstić information content (AvgIpc) is 3.68. The van der Waals surface area contributed by atoms with Crippen molar-refractivity contribution in [1.29, 1.82) is 0 Å². The van der Waals surface area contributed by atoms with E-state index in [4.69, 9.17) is 4.74 Å². The van der Waals surface area contributed by atoms with Gasteiger partial charge in [-0.1, -0.05) is 30.3 Å². The van der Waals surface area contributed by atoms with Crippen molar-refractivity contribution in [2.75, 3.05) is 19.0 Å². The zero-order chi connectivity index (χ0) is 25.8. The smallest absolute Gasteiger partial charge is 0.246 e. The number of carbonyl (C=O) groups excluding carboxylic acids is 2. The second kappa shape index (κ2) is 10.7. The number of anilines is 1. The van der Waals surface area contributed by atoms with Gasteiger partial charge in [0.15, 0.2) is 0 Å². The highest BCUT2D eigenvalue weighted by Crippen LogP contribution is 2.29. The van der Waals surface area contributed by atoms with Gasteiger partial charge in [-0.3, -0.25) is 19.5 Å². The number of halogens is 1. The molecule has 0 saturated heterocycles. The summed E-state index contributed by atoms with van der Waals surface area (Å²) in [6.07, 6.45) is 3.81. The van der Waals surface area contributed by atoms with Crippen molar-refractivity contribution in [3.8, 4) is 22.7 Å². The minimum absolute atomic E-state index is 0.0650. The van der Waals surface area contributed by atoms with E-state index in [9.17, 15) is 14.0 Å². The van der Waals surface area contributed by atoms with Crippen LogP contribution in [0.4, 0.5) is 10.3 Å². The summed E-state index contributed by atoms with van der Waals surface area (Å²) in [5.41, 5.74) is 3.01. The number of nitrogens with zero attached hydrogens (tertiary/aromatic N) is 3. The Kier molecular flexibility index (Phi) is 6.98. The van der Waals surface area contributed by atoms with Crippen LogP contribution in [0.3, 0.4) is 0 Å². The number of hydrogen-bond donors (Lipinski definition) is 1. The third-order valence-electron chi connectivity index (χ3n) is 6.27. The molecule has 1 aromatic heterocycles. The van der Waals surface area contributed by atoms with E-state index in [1.807, 2.05) is 54.6 Å². The molecule has 8 heteroatoms. The van der Waals surface area contributed by atoms with Gasteiger partial charge in [-0.2, -0.15) is 0 Å². The highest BCUT2D eigenvalue weighted by Gasteiger charge is 2.34. The number of benzene rings is 3. The van der Waals surface area contributed by atoms with E-state index in [0.29, 0.717) is 11.4 Å². The van der Waals surface area contributed by atoms with Crippen LogP contribution in [0.5, 0.6) is 5.75 Å². The first kappa shape index (κ1) is 24.2. The number of aromatic nitrogens is 2. The van der Waals surface area contributed by atoms with E-state index >= 15 is 0 Å². The van der Waals surface area contributed by atoms with Crippen LogP contribution in [-0.4, -0.2) is 46.0 Å². The first-order valence-corrected chi connectivity index (χ1v) is 12.1. The van der Waals surface area contributed by atoms with Gasteiger partial charge < -0.3 is 9.64 Å². The molecule has 0 bridgehead atoms. The Hall–Kier alpha value is -4.46. The first-order valence-electron chi connectivity index (χ1n) is 12.1. The zero-order valence-electron chi connectivity index (χ0n) is 20.4. The Balaban J connectivity index is 1.37. The van der Waals surface area contributed by atoms with E-state index in [1.165, 1.54) is 12.1 Å². The summed E-state index contributed by atoms with van der Waals surface area (Å²) in [5.74, 6) is 0.222. The Bertz CT molecular complexity index is 1380. The maximum Gasteiger partial charge on any atom is 0.246 e. The molecule has 0 radical (unpaired) electrons. The minimum atomic E-state index is -0.359. The lowest BCUT2D eigenvalue weighted by molar-refractivity contribution is -0.134. The van der Waals surface area contributed by atoms with Gasteiger partial charge >= 0.3 is 0 Å². The number of imidazole rings is 1. The molecule has 3 aromatic carbocycles. The molecule has 0 atom stereocenters. The topological polar surface area (TPSA) is 76.5 Å². The van der Waals surface area contributed by atoms with E-state index in [0.717, 1.165) is 29.7 Å². The van der Waals surface area contributed by atoms with Crippen LogP contribution in [0.1, 0.15) is 18.4 Å². The summed E-state index contributed by atoms with van der Waals surface area (Å²) in [6.45, 7) is -0.0650. The lowest BCUT2D eigenvalue weighted by Gasteiger charge is -2.22. The van der Waals surface area contributed by atoms with E-state index in [2.05, 4.69) is 10.3 Å². The lowest BCUT2D eigenvalue weighted by atomic mass is 10.1. The number of carbonyl (C=O) groups is 2. The summed E-state index contributed by atoms with van der Waals surface area (Å²) in [6, 6.07) is 22.9. The Labute approximate surface area is 214 Å². The van der Waals surface area contributed by atoms with Crippen molar-refractivity contribution in [3.63, 3.8) is 0 Å². The first-order chi connectivity index (χ1) is 18.0. The molecule has 0 aliphatic heterocycles. The van der Waals surface area contributed by atoms with Crippen LogP contribution in [0.15, 0.2) is 85.1 Å². The molecule has 1 fully saturated rings. The van der Waals surface area contributed by atoms with E-state index < -0.39 is 0 Å². The Morgan fingerprint density at radius 2 is 1.73 bits per heavy atom. The van der Waals surface area contributed by atoms with Gasteiger partial charge in [0.2, 0.25) is 17.8 Å². The zero-order valence-corrected chi connectivity index (χ0v) is 20.4. The van der Waals surface area contributed by atoms with Crippen molar-refractivity contribution in [2.45, 2.75) is 25.3 Å². The fraction of sp³-hybridized carbons (Fsp3) is 0.207. The van der Waals surface area contributed by atoms with Crippen molar-refractivity contribution in [1.82, 2.24) is 14.5 Å². The quantitative estimate of drug-likeness (QED) is 0.358. The minimum Gasteiger partial charge on any atom is -0.497 e. The van der Waals surface area contributed by atoms with Crippen molar-refractivity contribution >= 4 is 17.8 Å². The Morgan fingerprint density at radius 1 is 1.03 bits per heavy atom. The number of rotatable bonds is 9. The molecule has 1 saturated carbocycles. The van der Waals surface area contributed by atoms with Gasteiger partial charge in [0.25, 0.3) is 0 Å². The van der Waals surface area contributed by atoms with Crippen molar-refractivity contribution in [2.24, 2.45) is 0 Å². The van der Waals surface area contributed by atoms with Gasteiger partial charge in [-0.05, 0) is 66.9 Å². The standard InChI is InChI=1S/C29H27FN4O3/c1-37-25-15-7-21(8-16-25)26-18-34(24-11-9-22(30)10-12-24)29(31-26)32-27(35)19-33(23-13-14-23)28(36)17-20-5-3-2-4-6-20/h2-12,15-16,18,23H,13-14,17,19H2,1H3,(H,31,32,35). The molecular weight excluding hydrogens is 471 g/mol. The molecule has 1 aliphatic rings. The summed E-state index contributed by atoms with van der Waals surface area (Å²) in [5, 5.41) is 2.87. The van der Waals surface area contributed by atoms with Gasteiger partial charge in [0.05, 0.1) is 19.2 Å². The number of hydrogen-bond acceptors (Lipinski definition) is 4. The maximum absolute atomic E-state index is 13.6. The second-order valence-electron chi connectivity index (χ2n) is 8.99. The lowest BCUT2D eigenvalue weighted by Crippen LogP contribution is -2.40. The predicted octanol–water partition coefficient (Wildman–Crippen LogP) is 4.86. The van der Waals surface area contributed by atoms with E-state index in [1.54, 1.807) is 34.9 Å². The molecule has 4 aromatic rings. The second-order valence-corrected chi connectivity index (χ2v) is 8.99. The van der Waals surface area contributed by atoms with Crippen LogP contribution >= 0.6 is 0 Å². The van der Waals surface area contributed by atoms with Gasteiger partial charge in [0.1, 0.15) is 18.1 Å². The maximum atomic E-state index is 13.6. The normalized spacial score (nSPS) is 12.7. The van der Waals surface area contributed by atoms with E-state index in [-0.39, 0.29) is 42.6 Å². The highest BCUT2D eigenvalue weighted by atomic mass is 19.1. The van der Waals surface area contributed by atoms with Crippen LogP contribution in [0.2, 0.25) is 0 Å². The van der Waals surface area contributed by atoms with Crippen molar-refractivity contribution < 1.29 is 18.7 Å². The molecule has 1 heterocycles. The fourth-order valence-corrected chi connectivity index (χ4v) is 4.17. The molecule has 1 N–H and O–H groups in total. The monoisotopic (exact) mass is 498 g/mol. The molecule has 0 unspecified atom stereocenters. The largest absolute Gasteiger partial charge is 0.497 e. The van der Waals surface area contributed by atoms with Gasteiger partial charge in [-0.25, -0.2) is 9.37 Å². The average molecular weight is 499 g/mol. The van der Waals surface area contributed by atoms with Crippen molar-refractivity contribution in [3.05, 3.63) is 96.4 Å². The molecule has 5 rings (SSSR count). The van der Waals surface area contributed by atoms with Crippen LogP contribution in [0.25, 0.3) is 16.9 Å². The third kappa shape index (κ3) is 5.86. The van der Waals surface area contributed by atoms with Gasteiger partial charge in [0, 0.05) is 23.5 Å². The van der Waals surface area contributed by atoms with Crippen LogP contribution < -0.4 is 10.1 Å². The summed E-state index contributed by atoms with van der Waals surface area (Å²) < 4.78 is 20.5. The molecule has 0 spiro atoms. The van der Waals surface area contributed by atoms with Gasteiger partial charge in [-0.15, -0.1) is 0 Å². The SMILES string of the molecule is COc1ccc(-c2cn(-c3ccc(F)cc3)c(NC(=O)CN(C(=O)Cc3ccccc3)C3CC3)n2)cc1. The number of methoxy groups -OCH3 is 1. The Morgan fingerprint density at radius 3 is 2.38 bits per heavy atom. The summed E-state index contributed by atoms with van der Waals surface area (Å²) in [4.78, 5) is 32.5. The summed E-state index contributed by atoms with van der Waals surface area (Å²) in [7, 11) is 1.60.